The van der Waals surface area contributed by atoms with Crippen molar-refractivity contribution in [3.8, 4) is 23.7 Å². The molecule has 2 rings (SSSR count). The molecule has 4 heteroatoms. The van der Waals surface area contributed by atoms with Gasteiger partial charge in [0.15, 0.2) is 0 Å². The van der Waals surface area contributed by atoms with Crippen LogP contribution in [0.2, 0.25) is 0 Å². The van der Waals surface area contributed by atoms with Crippen LogP contribution in [-0.2, 0) is 9.47 Å². The molecule has 0 aliphatic rings. The van der Waals surface area contributed by atoms with Gasteiger partial charge in [-0.25, -0.2) is 9.97 Å². The first-order chi connectivity index (χ1) is 11.7. The topological polar surface area (TPSA) is 44.2 Å². The molecule has 1 aromatic heterocycles. The van der Waals surface area contributed by atoms with Gasteiger partial charge < -0.3 is 9.47 Å². The maximum absolute atomic E-state index is 5.30. The molecule has 0 amide bonds. The third kappa shape index (κ3) is 4.55. The summed E-state index contributed by atoms with van der Waals surface area (Å²) in [5, 5.41) is 0. The second kappa shape index (κ2) is 9.03. The van der Waals surface area contributed by atoms with Gasteiger partial charge in [0, 0.05) is 14.2 Å². The van der Waals surface area contributed by atoms with Crippen LogP contribution in [0.5, 0.6) is 0 Å². The van der Waals surface area contributed by atoms with Gasteiger partial charge in [-0.2, -0.15) is 0 Å². The second-order valence-corrected chi connectivity index (χ2v) is 5.21. The smallest absolute Gasteiger partial charge is 0.148 e. The summed E-state index contributed by atoms with van der Waals surface area (Å²) in [6.07, 6.45) is 1.38. The Morgan fingerprint density at radius 3 is 1.58 bits per heavy atom. The number of rotatable bonds is 4. The number of hydrogen-bond donors (Lipinski definition) is 0. The molecular weight excluding hydrogens is 300 g/mol. The molecule has 0 saturated carbocycles. The summed E-state index contributed by atoms with van der Waals surface area (Å²) in [5.74, 6) is 12.3. The molecule has 24 heavy (non-hydrogen) atoms. The quantitative estimate of drug-likeness (QED) is 0.811. The van der Waals surface area contributed by atoms with E-state index >= 15 is 0 Å². The van der Waals surface area contributed by atoms with Gasteiger partial charge in [-0.15, -0.1) is 0 Å². The predicted octanol–water partition coefficient (Wildman–Crippen LogP) is 3.18. The highest BCUT2D eigenvalue weighted by atomic mass is 16.5. The highest BCUT2D eigenvalue weighted by Crippen LogP contribution is 2.12. The first kappa shape index (κ1) is 17.9. The van der Waals surface area contributed by atoms with Crippen LogP contribution in [0, 0.1) is 23.7 Å². The van der Waals surface area contributed by atoms with E-state index in [0.717, 1.165) is 23.9 Å². The number of para-hydroxylation sites is 2. The molecule has 0 fully saturated rings. The molecule has 2 unspecified atom stereocenters. The van der Waals surface area contributed by atoms with Crippen LogP contribution in [0.25, 0.3) is 11.0 Å². The van der Waals surface area contributed by atoms with E-state index < -0.39 is 0 Å². The standard InChI is InChI=1S/C20H22N2O2/c1-5-15(23-3)11-13-19-20(14-12-16(6-2)24-4)22-18-10-8-7-9-17(18)21-19/h7-10,15-16H,5-6H2,1-4H3. The average molecular weight is 322 g/mol. The summed E-state index contributed by atoms with van der Waals surface area (Å²) in [6, 6.07) is 7.70. The van der Waals surface area contributed by atoms with E-state index in [-0.39, 0.29) is 12.2 Å². The van der Waals surface area contributed by atoms with Crippen LogP contribution in [0.1, 0.15) is 38.1 Å². The monoisotopic (exact) mass is 322 g/mol. The Morgan fingerprint density at radius 1 is 0.833 bits per heavy atom. The fourth-order valence-electron chi connectivity index (χ4n) is 2.13. The lowest BCUT2D eigenvalue weighted by atomic mass is 10.2. The van der Waals surface area contributed by atoms with E-state index in [1.807, 2.05) is 38.1 Å². The Labute approximate surface area is 143 Å². The highest BCUT2D eigenvalue weighted by Gasteiger charge is 2.06. The van der Waals surface area contributed by atoms with Gasteiger partial charge in [0.25, 0.3) is 0 Å². The molecule has 0 spiro atoms. The van der Waals surface area contributed by atoms with Gasteiger partial charge in [-0.05, 0) is 36.8 Å². The van der Waals surface area contributed by atoms with Crippen LogP contribution in [0.15, 0.2) is 24.3 Å². The first-order valence-electron chi connectivity index (χ1n) is 8.07. The van der Waals surface area contributed by atoms with Crippen molar-refractivity contribution in [2.75, 3.05) is 14.2 Å². The third-order valence-corrected chi connectivity index (χ3v) is 3.58. The zero-order valence-electron chi connectivity index (χ0n) is 14.6. The van der Waals surface area contributed by atoms with Crippen LogP contribution in [-0.4, -0.2) is 36.4 Å². The molecule has 0 aliphatic heterocycles. The predicted molar refractivity (Wildman–Crippen MR) is 95.5 cm³/mol. The average Bonchev–Trinajstić information content (AvgIpc) is 2.63. The number of nitrogens with zero attached hydrogens (tertiary/aromatic N) is 2. The van der Waals surface area contributed by atoms with Gasteiger partial charge in [0.05, 0.1) is 11.0 Å². The second-order valence-electron chi connectivity index (χ2n) is 5.21. The highest BCUT2D eigenvalue weighted by molar-refractivity contribution is 5.75. The van der Waals surface area contributed by atoms with Gasteiger partial charge in [-0.3, -0.25) is 0 Å². The number of aromatic nitrogens is 2. The van der Waals surface area contributed by atoms with Crippen molar-refractivity contribution < 1.29 is 9.47 Å². The molecule has 0 saturated heterocycles. The number of hydrogen-bond acceptors (Lipinski definition) is 4. The Kier molecular flexibility index (Phi) is 6.75. The van der Waals surface area contributed by atoms with E-state index in [0.29, 0.717) is 11.4 Å². The molecule has 2 atom stereocenters. The van der Waals surface area contributed by atoms with E-state index in [1.165, 1.54) is 0 Å². The van der Waals surface area contributed by atoms with Crippen LogP contribution < -0.4 is 0 Å². The number of ether oxygens (including phenoxy) is 2. The molecule has 124 valence electrons. The minimum Gasteiger partial charge on any atom is -0.369 e. The number of benzene rings is 1. The Balaban J connectivity index is 2.51. The minimum atomic E-state index is -0.124. The summed E-state index contributed by atoms with van der Waals surface area (Å²) in [6.45, 7) is 4.06. The lowest BCUT2D eigenvalue weighted by Gasteiger charge is -2.05. The van der Waals surface area contributed by atoms with Gasteiger partial charge >= 0.3 is 0 Å². The molecule has 0 radical (unpaired) electrons. The van der Waals surface area contributed by atoms with Gasteiger partial charge in [-0.1, -0.05) is 37.8 Å². The van der Waals surface area contributed by atoms with Crippen molar-refractivity contribution in [3.63, 3.8) is 0 Å². The van der Waals surface area contributed by atoms with E-state index in [2.05, 4.69) is 33.6 Å². The maximum atomic E-state index is 5.30. The van der Waals surface area contributed by atoms with Gasteiger partial charge in [0.1, 0.15) is 23.6 Å². The Morgan fingerprint density at radius 2 is 1.25 bits per heavy atom. The molecule has 4 nitrogen and oxygen atoms in total. The summed E-state index contributed by atoms with van der Waals surface area (Å²) in [4.78, 5) is 9.22. The largest absolute Gasteiger partial charge is 0.369 e. The molecule has 0 bridgehead atoms. The van der Waals surface area contributed by atoms with Crippen molar-refractivity contribution in [2.45, 2.75) is 38.9 Å². The fraction of sp³-hybridized carbons (Fsp3) is 0.400. The summed E-state index contributed by atoms with van der Waals surface area (Å²) < 4.78 is 10.6. The van der Waals surface area contributed by atoms with Crippen LogP contribution in [0.4, 0.5) is 0 Å². The van der Waals surface area contributed by atoms with Crippen LogP contribution >= 0.6 is 0 Å². The van der Waals surface area contributed by atoms with Crippen molar-refractivity contribution in [1.29, 1.82) is 0 Å². The fourth-order valence-corrected chi connectivity index (χ4v) is 2.13. The van der Waals surface area contributed by atoms with E-state index in [9.17, 15) is 0 Å². The van der Waals surface area contributed by atoms with Gasteiger partial charge in [0.2, 0.25) is 0 Å². The van der Waals surface area contributed by atoms with Crippen LogP contribution in [0.3, 0.4) is 0 Å². The third-order valence-electron chi connectivity index (χ3n) is 3.58. The zero-order chi connectivity index (χ0) is 17.4. The Bertz CT molecular complexity index is 732. The lowest BCUT2D eigenvalue weighted by Crippen LogP contribution is -2.06. The zero-order valence-corrected chi connectivity index (χ0v) is 14.6. The molecule has 2 aromatic rings. The first-order valence-corrected chi connectivity index (χ1v) is 8.07. The molecule has 1 heterocycles. The number of methoxy groups -OCH3 is 2. The molecular formula is C20H22N2O2. The number of fused-ring (bicyclic) bond motifs is 1. The van der Waals surface area contributed by atoms with E-state index in [4.69, 9.17) is 9.47 Å². The maximum Gasteiger partial charge on any atom is 0.148 e. The summed E-state index contributed by atoms with van der Waals surface area (Å²) >= 11 is 0. The lowest BCUT2D eigenvalue weighted by molar-refractivity contribution is 0.145. The summed E-state index contributed by atoms with van der Waals surface area (Å²) in [7, 11) is 3.31. The van der Waals surface area contributed by atoms with Crippen molar-refractivity contribution in [1.82, 2.24) is 9.97 Å². The van der Waals surface area contributed by atoms with E-state index in [1.54, 1.807) is 14.2 Å². The molecule has 0 aliphatic carbocycles. The summed E-state index contributed by atoms with van der Waals surface area (Å²) in [5.41, 5.74) is 2.75. The van der Waals surface area contributed by atoms with Crippen molar-refractivity contribution in [3.05, 3.63) is 35.7 Å². The SMILES string of the molecule is CCC(C#Cc1nc2ccccc2nc1C#CC(CC)OC)OC. The molecule has 0 N–H and O–H groups in total. The molecule has 1 aromatic carbocycles. The minimum absolute atomic E-state index is 0.124. The normalized spacial score (nSPS) is 12.7. The Hall–Kier alpha value is -2.40. The van der Waals surface area contributed by atoms with Crippen molar-refractivity contribution in [2.24, 2.45) is 0 Å². The van der Waals surface area contributed by atoms with Crippen molar-refractivity contribution >= 4 is 11.0 Å².